The third-order valence-corrected chi connectivity index (χ3v) is 2.90. The first-order valence-corrected chi connectivity index (χ1v) is 5.09. The first-order chi connectivity index (χ1) is 6.50. The topological polar surface area (TPSA) is 23.6 Å². The summed E-state index contributed by atoms with van der Waals surface area (Å²) >= 11 is 0. The molecule has 0 saturated carbocycles. The SMILES string of the molecule is [CH2-]C(C)=O.[CH2-]N1CC2CCN(C)C2C1.[W+2]. The molecule has 2 rings (SSSR count). The van der Waals surface area contributed by atoms with Crippen molar-refractivity contribution in [1.82, 2.24) is 9.80 Å². The van der Waals surface area contributed by atoms with E-state index in [1.54, 1.807) is 0 Å². The molecule has 2 heterocycles. The maximum atomic E-state index is 9.33. The number of likely N-dealkylation sites (tertiary alicyclic amines) is 2. The summed E-state index contributed by atoms with van der Waals surface area (Å²) in [6, 6.07) is 0.817. The molecule has 0 bridgehead atoms. The van der Waals surface area contributed by atoms with Crippen LogP contribution < -0.4 is 0 Å². The quantitative estimate of drug-likeness (QED) is 0.582. The summed E-state index contributed by atoms with van der Waals surface area (Å²) in [6.45, 7) is 8.11. The van der Waals surface area contributed by atoms with Crippen LogP contribution in [0.2, 0.25) is 0 Å². The van der Waals surface area contributed by atoms with E-state index in [1.807, 2.05) is 0 Å². The van der Waals surface area contributed by atoms with Crippen molar-refractivity contribution in [3.8, 4) is 0 Å². The molecule has 0 amide bonds. The predicted molar refractivity (Wildman–Crippen MR) is 57.5 cm³/mol. The molecular weight excluding hydrogens is 360 g/mol. The number of likely N-dealkylation sites (N-methyl/N-ethyl adjacent to an activating group) is 1. The van der Waals surface area contributed by atoms with Gasteiger partial charge in [0.2, 0.25) is 0 Å². The number of ketones is 1. The summed E-state index contributed by atoms with van der Waals surface area (Å²) in [5.74, 6) is 0.836. The Balaban J connectivity index is 0.000000346. The molecule has 4 heteroatoms. The zero-order valence-corrected chi connectivity index (χ0v) is 12.5. The van der Waals surface area contributed by atoms with Gasteiger partial charge in [-0.1, -0.05) is 0 Å². The number of carbonyl (C=O) groups excluding carboxylic acids is 1. The number of rotatable bonds is 0. The van der Waals surface area contributed by atoms with E-state index in [-0.39, 0.29) is 26.8 Å². The Hall–Kier alpha value is 0.148. The van der Waals surface area contributed by atoms with E-state index in [2.05, 4.69) is 30.8 Å². The maximum absolute atomic E-state index is 9.33. The van der Waals surface area contributed by atoms with E-state index in [0.29, 0.717) is 0 Å². The monoisotopic (exact) mass is 380 g/mol. The predicted octanol–water partition coefficient (Wildman–Crippen LogP) is 0.821. The molecule has 2 fully saturated rings. The number of nitrogens with zero attached hydrogens (tertiary/aromatic N) is 2. The minimum Gasteiger partial charge on any atom is -0.458 e. The second-order valence-corrected chi connectivity index (χ2v) is 4.33. The molecule has 0 aromatic rings. The van der Waals surface area contributed by atoms with Crippen molar-refractivity contribution < 1.29 is 25.9 Å². The van der Waals surface area contributed by atoms with Gasteiger partial charge in [0.1, 0.15) is 0 Å². The van der Waals surface area contributed by atoms with E-state index in [1.165, 1.54) is 33.0 Å². The van der Waals surface area contributed by atoms with Crippen LogP contribution in [-0.4, -0.2) is 48.3 Å². The van der Waals surface area contributed by atoms with Crippen molar-refractivity contribution in [2.24, 2.45) is 5.92 Å². The van der Waals surface area contributed by atoms with E-state index in [4.69, 9.17) is 0 Å². The van der Waals surface area contributed by atoms with Crippen LogP contribution in [0.3, 0.4) is 0 Å². The summed E-state index contributed by atoms with van der Waals surface area (Å²) in [6.07, 6.45) is 1.38. The van der Waals surface area contributed by atoms with Gasteiger partial charge in [0, 0.05) is 6.04 Å². The molecule has 15 heavy (non-hydrogen) atoms. The fraction of sp³-hybridized carbons (Fsp3) is 0.727. The minimum absolute atomic E-state index is 0. The van der Waals surface area contributed by atoms with Gasteiger partial charge in [-0.3, -0.25) is 7.05 Å². The molecule has 3 nitrogen and oxygen atoms in total. The second kappa shape index (κ2) is 6.67. The molecule has 86 valence electrons. The van der Waals surface area contributed by atoms with Crippen LogP contribution in [-0.2, 0) is 25.9 Å². The maximum Gasteiger partial charge on any atom is 2.00 e. The molecule has 2 aliphatic heterocycles. The summed E-state index contributed by atoms with van der Waals surface area (Å²) in [4.78, 5) is 14.0. The smallest absolute Gasteiger partial charge is 0.458 e. The number of Topliss-reactive ketones (excluding diaryl/α,β-unsaturated/α-hetero) is 1. The Bertz CT molecular complexity index is 207. The second-order valence-electron chi connectivity index (χ2n) is 4.33. The van der Waals surface area contributed by atoms with Crippen molar-refractivity contribution in [2.45, 2.75) is 19.4 Å². The van der Waals surface area contributed by atoms with Gasteiger partial charge in [-0.25, -0.2) is 0 Å². The Kier molecular flexibility index (Phi) is 6.74. The van der Waals surface area contributed by atoms with Crippen molar-refractivity contribution in [3.63, 3.8) is 0 Å². The van der Waals surface area contributed by atoms with Crippen LogP contribution in [0.15, 0.2) is 0 Å². The molecule has 2 saturated heterocycles. The van der Waals surface area contributed by atoms with Crippen molar-refractivity contribution in [1.29, 1.82) is 0 Å². The molecule has 0 radical (unpaired) electrons. The van der Waals surface area contributed by atoms with Gasteiger partial charge in [-0.2, -0.15) is 0 Å². The Morgan fingerprint density at radius 2 is 1.93 bits per heavy atom. The summed E-state index contributed by atoms with van der Waals surface area (Å²) in [7, 11) is 6.19. The normalized spacial score (nSPS) is 30.1. The third-order valence-electron chi connectivity index (χ3n) is 2.90. The van der Waals surface area contributed by atoms with Crippen LogP contribution in [0.4, 0.5) is 0 Å². The average Bonchev–Trinajstić information content (AvgIpc) is 2.53. The molecular formula is C11H20N2OW. The van der Waals surface area contributed by atoms with Crippen LogP contribution in [0.5, 0.6) is 0 Å². The molecule has 0 aromatic carbocycles. The fourth-order valence-corrected chi connectivity index (χ4v) is 2.26. The van der Waals surface area contributed by atoms with Gasteiger partial charge in [-0.15, -0.1) is 0 Å². The van der Waals surface area contributed by atoms with Crippen molar-refractivity contribution >= 4 is 5.78 Å². The first kappa shape index (κ1) is 15.1. The largest absolute Gasteiger partial charge is 2.00 e. The minimum atomic E-state index is -0.0833. The van der Waals surface area contributed by atoms with E-state index >= 15 is 0 Å². The van der Waals surface area contributed by atoms with Crippen molar-refractivity contribution in [2.75, 3.05) is 26.7 Å². The first-order valence-electron chi connectivity index (χ1n) is 5.09. The molecule has 2 atom stereocenters. The molecule has 2 aliphatic rings. The van der Waals surface area contributed by atoms with E-state index in [9.17, 15) is 4.79 Å². The van der Waals surface area contributed by atoms with Gasteiger partial charge in [-0.05, 0) is 51.7 Å². The average molecular weight is 380 g/mol. The zero-order chi connectivity index (χ0) is 10.7. The molecule has 0 aromatic heterocycles. The van der Waals surface area contributed by atoms with Gasteiger partial charge in [0.25, 0.3) is 0 Å². The van der Waals surface area contributed by atoms with Gasteiger partial charge >= 0.3 is 21.1 Å². The number of hydrogen-bond donors (Lipinski definition) is 0. The number of carbonyl (C=O) groups is 1. The van der Waals surface area contributed by atoms with Gasteiger partial charge < -0.3 is 21.5 Å². The standard InChI is InChI=1S/C8H15N2.C3H5O.W/c1-9-5-7-3-4-10(2)8(7)6-9;1-3(2)4;/h7-8H,1,3-6H2,2H3;1H2,2H3;/q2*-1;+2. The molecule has 0 aliphatic carbocycles. The zero-order valence-electron chi connectivity index (χ0n) is 9.61. The molecule has 2 unspecified atom stereocenters. The van der Waals surface area contributed by atoms with Crippen LogP contribution >= 0.6 is 0 Å². The summed E-state index contributed by atoms with van der Waals surface area (Å²) in [5, 5.41) is 0. The molecule has 0 spiro atoms. The Morgan fingerprint density at radius 1 is 1.40 bits per heavy atom. The molecule has 0 N–H and O–H groups in total. The van der Waals surface area contributed by atoms with Crippen molar-refractivity contribution in [3.05, 3.63) is 14.0 Å². The third kappa shape index (κ3) is 4.67. The fourth-order valence-electron chi connectivity index (χ4n) is 2.26. The van der Waals surface area contributed by atoms with Crippen LogP contribution in [0.1, 0.15) is 13.3 Å². The van der Waals surface area contributed by atoms with Gasteiger partial charge in [0.15, 0.2) is 0 Å². The van der Waals surface area contributed by atoms with E-state index < -0.39 is 0 Å². The van der Waals surface area contributed by atoms with Gasteiger partial charge in [0.05, 0.1) is 0 Å². The van der Waals surface area contributed by atoms with Crippen LogP contribution in [0.25, 0.3) is 0 Å². The number of fused-ring (bicyclic) bond motifs is 1. The summed E-state index contributed by atoms with van der Waals surface area (Å²) < 4.78 is 0. The number of hydrogen-bond acceptors (Lipinski definition) is 3. The summed E-state index contributed by atoms with van der Waals surface area (Å²) in [5.41, 5.74) is 0. The Morgan fingerprint density at radius 3 is 2.40 bits per heavy atom. The Labute approximate surface area is 107 Å². The van der Waals surface area contributed by atoms with E-state index in [0.717, 1.165) is 12.0 Å². The van der Waals surface area contributed by atoms with Crippen LogP contribution in [0, 0.1) is 19.9 Å².